The van der Waals surface area contributed by atoms with Gasteiger partial charge in [-0.15, -0.1) is 0 Å². The Morgan fingerprint density at radius 3 is 2.61 bits per heavy atom. The van der Waals surface area contributed by atoms with Crippen LogP contribution >= 0.6 is 11.5 Å². The largest absolute Gasteiger partial charge is 0.396 e. The molecule has 0 aliphatic carbocycles. The minimum absolute atomic E-state index is 0.0324. The maximum Gasteiger partial charge on any atom is 0.182 e. The standard InChI is InChI=1S/C10H19N3O3S2/c1-10(2,4-5-14)6-12-9-7(18(3,15)16)8(11)13-17-9/h12,14H,4-6H2,1-3H3,(H2,11,13). The van der Waals surface area contributed by atoms with Crippen LogP contribution in [0.2, 0.25) is 0 Å². The lowest BCUT2D eigenvalue weighted by Crippen LogP contribution is -2.24. The molecule has 1 heterocycles. The van der Waals surface area contributed by atoms with Gasteiger partial charge in [0.1, 0.15) is 9.90 Å². The molecule has 0 aliphatic rings. The summed E-state index contributed by atoms with van der Waals surface area (Å²) < 4.78 is 27.0. The van der Waals surface area contributed by atoms with Crippen LogP contribution in [-0.2, 0) is 9.84 Å². The number of nitrogens with two attached hydrogens (primary N) is 1. The second kappa shape index (κ2) is 5.41. The number of aromatic nitrogens is 1. The molecule has 104 valence electrons. The lowest BCUT2D eigenvalue weighted by atomic mass is 9.90. The van der Waals surface area contributed by atoms with Gasteiger partial charge in [-0.05, 0) is 23.4 Å². The average Bonchev–Trinajstić information content (AvgIpc) is 2.56. The Kier molecular flexibility index (Phi) is 4.57. The second-order valence-electron chi connectivity index (χ2n) is 4.99. The molecule has 1 aromatic heterocycles. The van der Waals surface area contributed by atoms with E-state index in [1.54, 1.807) is 0 Å². The van der Waals surface area contributed by atoms with E-state index in [1.165, 1.54) is 0 Å². The predicted octanol–water partition coefficient (Wildman–Crippen LogP) is 0.949. The Morgan fingerprint density at radius 1 is 1.50 bits per heavy atom. The highest BCUT2D eigenvalue weighted by atomic mass is 32.2. The van der Waals surface area contributed by atoms with E-state index in [0.717, 1.165) is 17.8 Å². The molecule has 0 radical (unpaired) electrons. The second-order valence-corrected chi connectivity index (χ2v) is 7.72. The third-order valence-electron chi connectivity index (χ3n) is 2.56. The fourth-order valence-electron chi connectivity index (χ4n) is 1.48. The van der Waals surface area contributed by atoms with E-state index in [2.05, 4.69) is 9.69 Å². The van der Waals surface area contributed by atoms with Crippen LogP contribution in [0.25, 0.3) is 0 Å². The van der Waals surface area contributed by atoms with Crippen molar-refractivity contribution in [2.45, 2.75) is 25.2 Å². The van der Waals surface area contributed by atoms with E-state index in [-0.39, 0.29) is 22.7 Å². The zero-order valence-corrected chi connectivity index (χ0v) is 12.4. The zero-order valence-electron chi connectivity index (χ0n) is 10.7. The van der Waals surface area contributed by atoms with Crippen molar-refractivity contribution in [1.82, 2.24) is 4.37 Å². The molecule has 0 atom stereocenters. The van der Waals surface area contributed by atoms with Crippen LogP contribution < -0.4 is 11.1 Å². The van der Waals surface area contributed by atoms with Crippen molar-refractivity contribution >= 4 is 32.2 Å². The third-order valence-corrected chi connectivity index (χ3v) is 4.66. The van der Waals surface area contributed by atoms with Crippen LogP contribution in [0.4, 0.5) is 10.8 Å². The van der Waals surface area contributed by atoms with Gasteiger partial charge in [0.05, 0.1) is 0 Å². The molecule has 8 heteroatoms. The van der Waals surface area contributed by atoms with Crippen molar-refractivity contribution < 1.29 is 13.5 Å². The highest BCUT2D eigenvalue weighted by molar-refractivity contribution is 7.91. The van der Waals surface area contributed by atoms with E-state index in [4.69, 9.17) is 10.8 Å². The van der Waals surface area contributed by atoms with Gasteiger partial charge in [-0.2, -0.15) is 4.37 Å². The van der Waals surface area contributed by atoms with Gasteiger partial charge in [0.15, 0.2) is 15.7 Å². The van der Waals surface area contributed by atoms with Gasteiger partial charge in [-0.25, -0.2) is 8.42 Å². The first-order valence-corrected chi connectivity index (χ1v) is 8.14. The minimum atomic E-state index is -3.39. The number of sulfone groups is 1. The number of nitrogens with one attached hydrogen (secondary N) is 1. The van der Waals surface area contributed by atoms with Gasteiger partial charge in [-0.1, -0.05) is 13.8 Å². The molecule has 0 aliphatic heterocycles. The fraction of sp³-hybridized carbons (Fsp3) is 0.700. The molecule has 0 fully saturated rings. The van der Waals surface area contributed by atoms with Crippen molar-refractivity contribution in [3.63, 3.8) is 0 Å². The Bertz CT molecular complexity index is 508. The number of nitrogens with zero attached hydrogens (tertiary/aromatic N) is 1. The number of aliphatic hydroxyl groups is 1. The molecule has 1 aromatic rings. The number of hydrogen-bond acceptors (Lipinski definition) is 7. The molecule has 0 saturated carbocycles. The molecule has 0 aromatic carbocycles. The Morgan fingerprint density at radius 2 is 2.11 bits per heavy atom. The van der Waals surface area contributed by atoms with Gasteiger partial charge in [-0.3, -0.25) is 0 Å². The van der Waals surface area contributed by atoms with E-state index in [0.29, 0.717) is 18.0 Å². The van der Waals surface area contributed by atoms with E-state index in [1.807, 2.05) is 13.8 Å². The van der Waals surface area contributed by atoms with Crippen molar-refractivity contribution in [3.8, 4) is 0 Å². The first-order valence-electron chi connectivity index (χ1n) is 5.47. The molecular formula is C10H19N3O3S2. The molecule has 6 nitrogen and oxygen atoms in total. The fourth-order valence-corrected chi connectivity index (χ4v) is 3.54. The molecule has 0 bridgehead atoms. The predicted molar refractivity (Wildman–Crippen MR) is 73.6 cm³/mol. The number of rotatable bonds is 6. The van der Waals surface area contributed by atoms with Crippen molar-refractivity contribution in [1.29, 1.82) is 0 Å². The van der Waals surface area contributed by atoms with E-state index in [9.17, 15) is 8.42 Å². The average molecular weight is 293 g/mol. The summed E-state index contributed by atoms with van der Waals surface area (Å²) in [7, 11) is -3.39. The summed E-state index contributed by atoms with van der Waals surface area (Å²) in [6.07, 6.45) is 1.74. The highest BCUT2D eigenvalue weighted by Crippen LogP contribution is 2.32. The summed E-state index contributed by atoms with van der Waals surface area (Å²) in [5.41, 5.74) is 5.43. The Hall–Kier alpha value is -0.860. The van der Waals surface area contributed by atoms with Gasteiger partial charge >= 0.3 is 0 Å². The summed E-state index contributed by atoms with van der Waals surface area (Å²) in [5.74, 6) is 0.0324. The summed E-state index contributed by atoms with van der Waals surface area (Å²) in [4.78, 5) is 0.0623. The lowest BCUT2D eigenvalue weighted by Gasteiger charge is -2.24. The van der Waals surface area contributed by atoms with Gasteiger partial charge < -0.3 is 16.2 Å². The molecule has 0 unspecified atom stereocenters. The van der Waals surface area contributed by atoms with E-state index >= 15 is 0 Å². The highest BCUT2D eigenvalue weighted by Gasteiger charge is 2.23. The summed E-state index contributed by atoms with van der Waals surface area (Å²) in [6, 6.07) is 0. The van der Waals surface area contributed by atoms with Crippen molar-refractivity contribution in [2.75, 3.05) is 30.5 Å². The van der Waals surface area contributed by atoms with Gasteiger partial charge in [0.25, 0.3) is 0 Å². The maximum atomic E-state index is 11.6. The van der Waals surface area contributed by atoms with Gasteiger partial charge in [0, 0.05) is 19.4 Å². The Labute approximate surface area is 111 Å². The van der Waals surface area contributed by atoms with Crippen LogP contribution in [0.1, 0.15) is 20.3 Å². The molecule has 0 saturated heterocycles. The maximum absolute atomic E-state index is 11.6. The SMILES string of the molecule is CC(C)(CCO)CNc1snc(N)c1S(C)(=O)=O. The van der Waals surface area contributed by atoms with Crippen molar-refractivity contribution in [3.05, 3.63) is 0 Å². The minimum Gasteiger partial charge on any atom is -0.396 e. The van der Waals surface area contributed by atoms with Gasteiger partial charge in [0.2, 0.25) is 0 Å². The first-order chi connectivity index (χ1) is 8.17. The third kappa shape index (κ3) is 3.82. The summed E-state index contributed by atoms with van der Waals surface area (Å²) in [6.45, 7) is 4.61. The topological polar surface area (TPSA) is 105 Å². The molecule has 4 N–H and O–H groups in total. The molecule has 18 heavy (non-hydrogen) atoms. The zero-order chi connectivity index (χ0) is 14.0. The monoisotopic (exact) mass is 293 g/mol. The summed E-state index contributed by atoms with van der Waals surface area (Å²) >= 11 is 1.03. The van der Waals surface area contributed by atoms with Crippen LogP contribution in [0.3, 0.4) is 0 Å². The summed E-state index contributed by atoms with van der Waals surface area (Å²) in [5, 5.41) is 12.4. The smallest absolute Gasteiger partial charge is 0.182 e. The lowest BCUT2D eigenvalue weighted by molar-refractivity contribution is 0.220. The Balaban J connectivity index is 2.88. The number of anilines is 2. The van der Waals surface area contributed by atoms with Crippen molar-refractivity contribution in [2.24, 2.45) is 5.41 Å². The van der Waals surface area contributed by atoms with Crippen LogP contribution in [-0.4, -0.2) is 37.3 Å². The molecule has 0 amide bonds. The van der Waals surface area contributed by atoms with Crippen LogP contribution in [0.15, 0.2) is 4.90 Å². The van der Waals surface area contributed by atoms with Crippen LogP contribution in [0.5, 0.6) is 0 Å². The quantitative estimate of drug-likeness (QED) is 0.721. The molecule has 0 spiro atoms. The van der Waals surface area contributed by atoms with Crippen LogP contribution in [0, 0.1) is 5.41 Å². The number of aliphatic hydroxyl groups excluding tert-OH is 1. The number of nitrogen functional groups attached to an aromatic ring is 1. The normalized spacial score (nSPS) is 12.7. The molecular weight excluding hydrogens is 274 g/mol. The first kappa shape index (κ1) is 15.2. The number of hydrogen-bond donors (Lipinski definition) is 3. The van der Waals surface area contributed by atoms with E-state index < -0.39 is 9.84 Å². The molecule has 1 rings (SSSR count).